The molecule has 0 aliphatic heterocycles. The fourth-order valence-corrected chi connectivity index (χ4v) is 2.66. The molecular weight excluding hydrogens is 356 g/mol. The van der Waals surface area contributed by atoms with Gasteiger partial charge in [0.2, 0.25) is 5.82 Å². The van der Waals surface area contributed by atoms with Crippen molar-refractivity contribution in [2.45, 2.75) is 20.8 Å². The van der Waals surface area contributed by atoms with Crippen molar-refractivity contribution in [2.75, 3.05) is 17.2 Å². The summed E-state index contributed by atoms with van der Waals surface area (Å²) in [6, 6.07) is 12.2. The summed E-state index contributed by atoms with van der Waals surface area (Å²) in [7, 11) is 0. The lowest BCUT2D eigenvalue weighted by atomic mass is 10.1. The molecule has 0 spiro atoms. The van der Waals surface area contributed by atoms with Gasteiger partial charge in [-0.15, -0.1) is 0 Å². The van der Waals surface area contributed by atoms with Crippen LogP contribution in [0.4, 0.5) is 16.3 Å². The normalized spacial score (nSPS) is 10.4. The Morgan fingerprint density at radius 3 is 2.50 bits per heavy atom. The molecule has 2 N–H and O–H groups in total. The van der Waals surface area contributed by atoms with Crippen molar-refractivity contribution in [2.24, 2.45) is 0 Å². The van der Waals surface area contributed by atoms with Crippen LogP contribution in [0.1, 0.15) is 18.1 Å². The average molecular weight is 378 g/mol. The van der Waals surface area contributed by atoms with Crippen LogP contribution >= 0.6 is 0 Å². The number of ether oxygens (including phenoxy) is 1. The fraction of sp³-hybridized carbons (Fsp3) is 0.190. The molecule has 0 unspecified atom stereocenters. The Hall–Kier alpha value is -3.61. The average Bonchev–Trinajstić information content (AvgIpc) is 2.67. The molecule has 144 valence electrons. The van der Waals surface area contributed by atoms with Crippen molar-refractivity contribution in [1.82, 2.24) is 9.55 Å². The minimum atomic E-state index is -0.530. The second-order valence-electron chi connectivity index (χ2n) is 6.26. The maximum atomic E-state index is 12.7. The molecule has 0 aliphatic carbocycles. The van der Waals surface area contributed by atoms with Gasteiger partial charge in [-0.25, -0.2) is 9.78 Å². The maximum Gasteiger partial charge on any atom is 0.325 e. The van der Waals surface area contributed by atoms with Gasteiger partial charge in [-0.3, -0.25) is 14.7 Å². The molecule has 28 heavy (non-hydrogen) atoms. The smallest absolute Gasteiger partial charge is 0.325 e. The van der Waals surface area contributed by atoms with Crippen LogP contribution in [0.25, 0.3) is 5.69 Å². The lowest BCUT2D eigenvalue weighted by molar-refractivity contribution is 0.262. The SMILES string of the molecule is CCOc1ccc(-n2ccnc(NC(=O)Nc3ccc(C)c(C)c3)c2=O)cc1. The standard InChI is InChI=1S/C21H22N4O3/c1-4-28-18-9-7-17(8-10-18)25-12-11-22-19(20(25)26)24-21(27)23-16-6-5-14(2)15(3)13-16/h5-13H,4H2,1-3H3,(H2,22,23,24,27). The van der Waals surface area contributed by atoms with Crippen molar-refractivity contribution in [1.29, 1.82) is 0 Å². The Labute approximate surface area is 163 Å². The first-order valence-electron chi connectivity index (χ1n) is 8.94. The van der Waals surface area contributed by atoms with Gasteiger partial charge < -0.3 is 10.1 Å². The molecule has 0 fully saturated rings. The number of urea groups is 1. The van der Waals surface area contributed by atoms with Gasteiger partial charge in [0.25, 0.3) is 5.56 Å². The van der Waals surface area contributed by atoms with E-state index < -0.39 is 11.6 Å². The zero-order chi connectivity index (χ0) is 20.1. The molecule has 2 amide bonds. The number of carbonyl (C=O) groups excluding carboxylic acids is 1. The summed E-state index contributed by atoms with van der Waals surface area (Å²) in [5.41, 5.74) is 3.06. The van der Waals surface area contributed by atoms with E-state index in [0.29, 0.717) is 18.0 Å². The minimum absolute atomic E-state index is 0.0577. The highest BCUT2D eigenvalue weighted by atomic mass is 16.5. The molecule has 3 rings (SSSR count). The van der Waals surface area contributed by atoms with Crippen LogP contribution in [0.3, 0.4) is 0 Å². The Balaban J connectivity index is 1.77. The first kappa shape index (κ1) is 19.2. The van der Waals surface area contributed by atoms with Crippen molar-refractivity contribution < 1.29 is 9.53 Å². The van der Waals surface area contributed by atoms with Crippen LogP contribution in [0.15, 0.2) is 59.7 Å². The minimum Gasteiger partial charge on any atom is -0.494 e. The summed E-state index contributed by atoms with van der Waals surface area (Å²) >= 11 is 0. The third-order valence-corrected chi connectivity index (χ3v) is 4.26. The van der Waals surface area contributed by atoms with E-state index in [-0.39, 0.29) is 5.82 Å². The zero-order valence-electron chi connectivity index (χ0n) is 16.0. The molecule has 2 aromatic carbocycles. The lowest BCUT2D eigenvalue weighted by Crippen LogP contribution is -2.28. The van der Waals surface area contributed by atoms with Gasteiger partial charge in [0.15, 0.2) is 0 Å². The van der Waals surface area contributed by atoms with Gasteiger partial charge in [0, 0.05) is 23.8 Å². The van der Waals surface area contributed by atoms with Crippen LogP contribution < -0.4 is 20.9 Å². The van der Waals surface area contributed by atoms with Gasteiger partial charge in [-0.05, 0) is 68.3 Å². The Morgan fingerprint density at radius 2 is 1.82 bits per heavy atom. The Kier molecular flexibility index (Phi) is 5.74. The van der Waals surface area contributed by atoms with E-state index in [2.05, 4.69) is 15.6 Å². The van der Waals surface area contributed by atoms with Crippen molar-refractivity contribution in [3.8, 4) is 11.4 Å². The van der Waals surface area contributed by atoms with Crippen LogP contribution in [-0.4, -0.2) is 22.2 Å². The van der Waals surface area contributed by atoms with Gasteiger partial charge >= 0.3 is 6.03 Å². The summed E-state index contributed by atoms with van der Waals surface area (Å²) < 4.78 is 6.82. The number of aromatic nitrogens is 2. The van der Waals surface area contributed by atoms with Gasteiger partial charge in [0.05, 0.1) is 6.61 Å². The topological polar surface area (TPSA) is 85.2 Å². The molecule has 0 saturated heterocycles. The summed E-state index contributed by atoms with van der Waals surface area (Å²) in [4.78, 5) is 29.0. The first-order valence-corrected chi connectivity index (χ1v) is 8.94. The monoisotopic (exact) mass is 378 g/mol. The fourth-order valence-electron chi connectivity index (χ4n) is 2.66. The van der Waals surface area contributed by atoms with E-state index in [1.807, 2.05) is 32.9 Å². The molecule has 1 heterocycles. The Morgan fingerprint density at radius 1 is 1.07 bits per heavy atom. The highest BCUT2D eigenvalue weighted by molar-refractivity contribution is 5.99. The molecule has 0 atom stereocenters. The van der Waals surface area contributed by atoms with Crippen molar-refractivity contribution in [3.63, 3.8) is 0 Å². The predicted molar refractivity (Wildman–Crippen MR) is 110 cm³/mol. The van der Waals surface area contributed by atoms with Crippen LogP contribution in [0.5, 0.6) is 5.75 Å². The third-order valence-electron chi connectivity index (χ3n) is 4.26. The van der Waals surface area contributed by atoms with E-state index in [4.69, 9.17) is 4.74 Å². The third kappa shape index (κ3) is 4.37. The number of carbonyl (C=O) groups is 1. The maximum absolute atomic E-state index is 12.7. The second kappa shape index (κ2) is 8.39. The molecule has 7 heteroatoms. The van der Waals surface area contributed by atoms with Crippen LogP contribution in [0, 0.1) is 13.8 Å². The van der Waals surface area contributed by atoms with E-state index in [1.54, 1.807) is 36.5 Å². The first-order chi connectivity index (χ1) is 13.5. The predicted octanol–water partition coefficient (Wildman–Crippen LogP) is 3.89. The summed E-state index contributed by atoms with van der Waals surface area (Å²) in [6.45, 7) is 6.43. The number of benzene rings is 2. The number of aryl methyl sites for hydroxylation is 2. The number of nitrogens with zero attached hydrogens (tertiary/aromatic N) is 2. The Bertz CT molecular complexity index is 1040. The molecule has 3 aromatic rings. The summed E-state index contributed by atoms with van der Waals surface area (Å²) in [5, 5.41) is 5.23. The number of amides is 2. The summed E-state index contributed by atoms with van der Waals surface area (Å²) in [6.07, 6.45) is 3.01. The number of nitrogens with one attached hydrogen (secondary N) is 2. The lowest BCUT2D eigenvalue weighted by Gasteiger charge is -2.11. The van der Waals surface area contributed by atoms with Crippen LogP contribution in [-0.2, 0) is 0 Å². The second-order valence-corrected chi connectivity index (χ2v) is 6.26. The quantitative estimate of drug-likeness (QED) is 0.705. The molecule has 0 bridgehead atoms. The number of hydrogen-bond donors (Lipinski definition) is 2. The van der Waals surface area contributed by atoms with Crippen LogP contribution in [0.2, 0.25) is 0 Å². The number of hydrogen-bond acceptors (Lipinski definition) is 4. The molecule has 0 aliphatic rings. The number of rotatable bonds is 5. The van der Waals surface area contributed by atoms with E-state index >= 15 is 0 Å². The van der Waals surface area contributed by atoms with Gasteiger partial charge in [-0.2, -0.15) is 0 Å². The van der Waals surface area contributed by atoms with Crippen molar-refractivity contribution in [3.05, 3.63) is 76.3 Å². The molecule has 1 aromatic heterocycles. The van der Waals surface area contributed by atoms with E-state index in [1.165, 1.54) is 10.8 Å². The van der Waals surface area contributed by atoms with Gasteiger partial charge in [0.1, 0.15) is 5.75 Å². The number of anilines is 2. The van der Waals surface area contributed by atoms with E-state index in [9.17, 15) is 9.59 Å². The zero-order valence-corrected chi connectivity index (χ0v) is 16.0. The largest absolute Gasteiger partial charge is 0.494 e. The highest BCUT2D eigenvalue weighted by Crippen LogP contribution is 2.15. The molecular formula is C21H22N4O3. The van der Waals surface area contributed by atoms with E-state index in [0.717, 1.165) is 16.9 Å². The molecule has 0 saturated carbocycles. The van der Waals surface area contributed by atoms with Gasteiger partial charge in [-0.1, -0.05) is 6.07 Å². The molecule has 7 nitrogen and oxygen atoms in total. The molecule has 0 radical (unpaired) electrons. The summed E-state index contributed by atoms with van der Waals surface area (Å²) in [5.74, 6) is 0.664. The van der Waals surface area contributed by atoms with Crippen molar-refractivity contribution >= 4 is 17.5 Å². The highest BCUT2D eigenvalue weighted by Gasteiger charge is 2.11.